The van der Waals surface area contributed by atoms with Gasteiger partial charge in [0, 0.05) is 25.7 Å². The monoisotopic (exact) mass is 284 g/mol. The average molecular weight is 284 g/mol. The van der Waals surface area contributed by atoms with E-state index >= 15 is 0 Å². The van der Waals surface area contributed by atoms with Gasteiger partial charge in [0.05, 0.1) is 18.1 Å². The van der Waals surface area contributed by atoms with Crippen molar-refractivity contribution in [2.75, 3.05) is 6.54 Å². The normalized spacial score (nSPS) is 11.9. The van der Waals surface area contributed by atoms with Crippen LogP contribution in [0.2, 0.25) is 0 Å². The zero-order valence-electron chi connectivity index (χ0n) is 11.9. The zero-order chi connectivity index (χ0) is 15.1. The Labute approximate surface area is 124 Å². The molecule has 1 aromatic heterocycles. The molecule has 0 saturated heterocycles. The smallest absolute Gasteiger partial charge is 0.237 e. The second-order valence-electron chi connectivity index (χ2n) is 4.87. The minimum absolute atomic E-state index is 0.187. The summed E-state index contributed by atoms with van der Waals surface area (Å²) in [6.45, 7) is 4.73. The number of aromatic nitrogens is 2. The first kappa shape index (κ1) is 15.0. The van der Waals surface area contributed by atoms with E-state index in [9.17, 15) is 4.79 Å². The molecule has 3 N–H and O–H groups in total. The van der Waals surface area contributed by atoms with Crippen molar-refractivity contribution in [1.82, 2.24) is 14.9 Å². The van der Waals surface area contributed by atoms with Crippen LogP contribution in [-0.4, -0.2) is 28.0 Å². The standard InChI is InChI=1S/C16H20N4O/c1-2-8-18-16(21)15(17)9-14-11-20(12-19-14)10-13-6-4-3-5-7-13/h2-7,11-12,15H,1,8-10,17H2,(H,18,21)/t15-/m0/s1. The van der Waals surface area contributed by atoms with Gasteiger partial charge in [-0.2, -0.15) is 0 Å². The van der Waals surface area contributed by atoms with E-state index in [0.29, 0.717) is 13.0 Å². The van der Waals surface area contributed by atoms with Crippen molar-refractivity contribution in [2.45, 2.75) is 19.0 Å². The Morgan fingerprint density at radius 2 is 2.19 bits per heavy atom. The van der Waals surface area contributed by atoms with Crippen LogP contribution in [0.4, 0.5) is 0 Å². The van der Waals surface area contributed by atoms with Crippen LogP contribution < -0.4 is 11.1 Å². The van der Waals surface area contributed by atoms with Crippen molar-refractivity contribution >= 4 is 5.91 Å². The number of nitrogens with one attached hydrogen (secondary N) is 1. The zero-order valence-corrected chi connectivity index (χ0v) is 11.9. The van der Waals surface area contributed by atoms with Gasteiger partial charge in [-0.1, -0.05) is 36.4 Å². The van der Waals surface area contributed by atoms with E-state index in [1.807, 2.05) is 29.0 Å². The summed E-state index contributed by atoms with van der Waals surface area (Å²) in [5, 5.41) is 2.68. The average Bonchev–Trinajstić information content (AvgIpc) is 2.92. The predicted octanol–water partition coefficient (Wildman–Crippen LogP) is 1.10. The Morgan fingerprint density at radius 1 is 1.43 bits per heavy atom. The van der Waals surface area contributed by atoms with Crippen LogP contribution in [0.15, 0.2) is 55.5 Å². The second kappa shape index (κ2) is 7.40. The molecule has 1 amide bonds. The Kier molecular flexibility index (Phi) is 5.29. The molecule has 1 heterocycles. The molecule has 0 radical (unpaired) electrons. The van der Waals surface area contributed by atoms with Crippen LogP contribution in [0.3, 0.4) is 0 Å². The number of nitrogens with two attached hydrogens (primary N) is 1. The highest BCUT2D eigenvalue weighted by atomic mass is 16.2. The Bertz CT molecular complexity index is 591. The van der Waals surface area contributed by atoms with Crippen LogP contribution in [0.25, 0.3) is 0 Å². The second-order valence-corrected chi connectivity index (χ2v) is 4.87. The summed E-state index contributed by atoms with van der Waals surface area (Å²) in [7, 11) is 0. The summed E-state index contributed by atoms with van der Waals surface area (Å²) < 4.78 is 1.99. The minimum atomic E-state index is -0.593. The number of carbonyl (C=O) groups excluding carboxylic acids is 1. The molecule has 0 saturated carbocycles. The van der Waals surface area contributed by atoms with Gasteiger partial charge in [0.15, 0.2) is 0 Å². The number of carbonyl (C=O) groups is 1. The molecule has 2 aromatic rings. The van der Waals surface area contributed by atoms with Crippen molar-refractivity contribution in [3.8, 4) is 0 Å². The lowest BCUT2D eigenvalue weighted by Crippen LogP contribution is -2.42. The third kappa shape index (κ3) is 4.57. The minimum Gasteiger partial charge on any atom is -0.351 e. The topological polar surface area (TPSA) is 72.9 Å². The quantitative estimate of drug-likeness (QED) is 0.748. The third-order valence-electron chi connectivity index (χ3n) is 3.08. The van der Waals surface area contributed by atoms with Crippen molar-refractivity contribution in [3.63, 3.8) is 0 Å². The van der Waals surface area contributed by atoms with Gasteiger partial charge in [-0.25, -0.2) is 4.98 Å². The molecular formula is C16H20N4O. The number of hydrogen-bond acceptors (Lipinski definition) is 3. The Morgan fingerprint density at radius 3 is 2.90 bits per heavy atom. The van der Waals surface area contributed by atoms with Crippen LogP contribution in [0, 0.1) is 0 Å². The molecule has 5 heteroatoms. The number of imidazole rings is 1. The van der Waals surface area contributed by atoms with Crippen LogP contribution in [0.1, 0.15) is 11.3 Å². The van der Waals surface area contributed by atoms with Gasteiger partial charge in [-0.15, -0.1) is 6.58 Å². The van der Waals surface area contributed by atoms with Crippen LogP contribution in [0.5, 0.6) is 0 Å². The predicted molar refractivity (Wildman–Crippen MR) is 82.7 cm³/mol. The largest absolute Gasteiger partial charge is 0.351 e. The van der Waals surface area contributed by atoms with Crippen molar-refractivity contribution in [1.29, 1.82) is 0 Å². The van der Waals surface area contributed by atoms with E-state index in [2.05, 4.69) is 29.0 Å². The molecule has 0 aliphatic carbocycles. The molecule has 0 spiro atoms. The first-order valence-corrected chi connectivity index (χ1v) is 6.88. The lowest BCUT2D eigenvalue weighted by atomic mass is 10.1. The summed E-state index contributed by atoms with van der Waals surface area (Å²) in [5.74, 6) is -0.187. The molecule has 1 aromatic carbocycles. The lowest BCUT2D eigenvalue weighted by molar-refractivity contribution is -0.122. The van der Waals surface area contributed by atoms with E-state index in [4.69, 9.17) is 5.73 Å². The molecule has 21 heavy (non-hydrogen) atoms. The maximum absolute atomic E-state index is 11.7. The van der Waals surface area contributed by atoms with E-state index in [1.165, 1.54) is 5.56 Å². The van der Waals surface area contributed by atoms with Gasteiger partial charge in [0.25, 0.3) is 0 Å². The highest BCUT2D eigenvalue weighted by molar-refractivity contribution is 5.81. The van der Waals surface area contributed by atoms with Crippen LogP contribution in [-0.2, 0) is 17.8 Å². The summed E-state index contributed by atoms with van der Waals surface area (Å²) >= 11 is 0. The molecule has 110 valence electrons. The number of rotatable bonds is 7. The molecule has 0 aliphatic rings. The maximum atomic E-state index is 11.7. The summed E-state index contributed by atoms with van der Waals surface area (Å²) in [6, 6.07) is 9.54. The Hall–Kier alpha value is -2.40. The Balaban J connectivity index is 1.91. The fraction of sp³-hybridized carbons (Fsp3) is 0.250. The van der Waals surface area contributed by atoms with E-state index < -0.39 is 6.04 Å². The fourth-order valence-electron chi connectivity index (χ4n) is 2.01. The number of nitrogens with zero attached hydrogens (tertiary/aromatic N) is 2. The maximum Gasteiger partial charge on any atom is 0.237 e. The first-order valence-electron chi connectivity index (χ1n) is 6.88. The fourth-order valence-corrected chi connectivity index (χ4v) is 2.01. The number of benzene rings is 1. The molecule has 0 bridgehead atoms. The van der Waals surface area contributed by atoms with E-state index in [-0.39, 0.29) is 5.91 Å². The van der Waals surface area contributed by atoms with Gasteiger partial charge in [0.2, 0.25) is 5.91 Å². The van der Waals surface area contributed by atoms with E-state index in [1.54, 1.807) is 12.4 Å². The van der Waals surface area contributed by atoms with Gasteiger partial charge in [-0.05, 0) is 5.56 Å². The molecule has 5 nitrogen and oxygen atoms in total. The lowest BCUT2D eigenvalue weighted by Gasteiger charge is -2.09. The molecular weight excluding hydrogens is 264 g/mol. The van der Waals surface area contributed by atoms with E-state index in [0.717, 1.165) is 12.2 Å². The summed E-state index contributed by atoms with van der Waals surface area (Å²) in [5.41, 5.74) is 7.87. The highest BCUT2D eigenvalue weighted by Gasteiger charge is 2.14. The van der Waals surface area contributed by atoms with Crippen molar-refractivity contribution in [2.24, 2.45) is 5.73 Å². The summed E-state index contributed by atoms with van der Waals surface area (Å²) in [4.78, 5) is 16.0. The van der Waals surface area contributed by atoms with Gasteiger partial charge >= 0.3 is 0 Å². The van der Waals surface area contributed by atoms with Gasteiger partial charge < -0.3 is 15.6 Å². The van der Waals surface area contributed by atoms with Crippen molar-refractivity contribution in [3.05, 3.63) is 66.8 Å². The first-order chi connectivity index (χ1) is 10.2. The number of hydrogen-bond donors (Lipinski definition) is 2. The molecule has 0 fully saturated rings. The molecule has 2 rings (SSSR count). The molecule has 0 unspecified atom stereocenters. The van der Waals surface area contributed by atoms with Gasteiger partial charge in [0.1, 0.15) is 0 Å². The summed E-state index contributed by atoms with van der Waals surface area (Å²) in [6.07, 6.45) is 5.73. The van der Waals surface area contributed by atoms with Gasteiger partial charge in [-0.3, -0.25) is 4.79 Å². The highest BCUT2D eigenvalue weighted by Crippen LogP contribution is 2.05. The molecule has 0 aliphatic heterocycles. The SMILES string of the molecule is C=CCNC(=O)[C@@H](N)Cc1cn(Cc2ccccc2)cn1. The van der Waals surface area contributed by atoms with Crippen molar-refractivity contribution < 1.29 is 4.79 Å². The third-order valence-corrected chi connectivity index (χ3v) is 3.08. The number of amides is 1. The molecule has 1 atom stereocenters. The van der Waals surface area contributed by atoms with Crippen LogP contribution >= 0.6 is 0 Å².